The molecule has 218 valence electrons. The van der Waals surface area contributed by atoms with Gasteiger partial charge in [0.15, 0.2) is 0 Å². The lowest BCUT2D eigenvalue weighted by atomic mass is 9.87. The van der Waals surface area contributed by atoms with Crippen LogP contribution in [0.2, 0.25) is 0 Å². The molecule has 0 aliphatic rings. The molecule has 0 amide bonds. The number of aromatic nitrogens is 4. The molecule has 8 aromatic rings. The summed E-state index contributed by atoms with van der Waals surface area (Å²) in [4.78, 5) is 9.96. The number of pyridine rings is 1. The summed E-state index contributed by atoms with van der Waals surface area (Å²) in [6, 6.07) is 43.5. The average Bonchev–Trinajstić information content (AvgIpc) is 3.61. The SMILES string of the molecule is CC(C)(C)c1ccc(-n2c(-c3ccccc3O)nc3c(-c4ccc5c6ccccc6n(-c6ccccn6)c5c4)cccc32)cc1. The lowest BCUT2D eigenvalue weighted by Gasteiger charge is -2.19. The zero-order valence-corrected chi connectivity index (χ0v) is 25.4. The van der Waals surface area contributed by atoms with Crippen molar-refractivity contribution in [2.24, 2.45) is 0 Å². The standard InChI is InChI=1S/C40H32N4O/c1-40(2,3)27-19-21-28(22-20-27)43-34-15-10-13-29(38(34)42-39(43)32-12-5-7-16-36(32)45)26-18-23-31-30-11-4-6-14-33(30)44(35(31)25-26)37-17-8-9-24-41-37/h4-25,45H,1-3H3. The van der Waals surface area contributed by atoms with Gasteiger partial charge in [0, 0.05) is 28.2 Å². The molecule has 0 saturated heterocycles. The van der Waals surface area contributed by atoms with Gasteiger partial charge in [0.05, 0.1) is 27.6 Å². The molecule has 45 heavy (non-hydrogen) atoms. The summed E-state index contributed by atoms with van der Waals surface area (Å²) in [5.74, 6) is 1.77. The van der Waals surface area contributed by atoms with Gasteiger partial charge in [0.1, 0.15) is 17.4 Å². The molecule has 0 spiro atoms. The third kappa shape index (κ3) is 4.39. The number of aromatic hydroxyl groups is 1. The highest BCUT2D eigenvalue weighted by Crippen LogP contribution is 2.39. The molecule has 1 N–H and O–H groups in total. The fraction of sp³-hybridized carbons (Fsp3) is 0.100. The third-order valence-corrected chi connectivity index (χ3v) is 8.68. The van der Waals surface area contributed by atoms with Crippen molar-refractivity contribution in [3.05, 3.63) is 139 Å². The van der Waals surface area contributed by atoms with Crippen LogP contribution in [0.5, 0.6) is 5.75 Å². The number of benzene rings is 5. The summed E-state index contributed by atoms with van der Waals surface area (Å²) in [6.07, 6.45) is 1.84. The van der Waals surface area contributed by atoms with Gasteiger partial charge in [0.25, 0.3) is 0 Å². The van der Waals surface area contributed by atoms with Crippen LogP contribution in [0.3, 0.4) is 0 Å². The second kappa shape index (κ2) is 10.2. The molecule has 5 aromatic carbocycles. The van der Waals surface area contributed by atoms with Crippen LogP contribution in [0, 0.1) is 0 Å². The Bertz CT molecular complexity index is 2360. The molecule has 5 nitrogen and oxygen atoms in total. The maximum absolute atomic E-state index is 11.0. The molecular formula is C40H32N4O. The molecular weight excluding hydrogens is 552 g/mol. The first kappa shape index (κ1) is 26.9. The van der Waals surface area contributed by atoms with Gasteiger partial charge in [-0.05, 0) is 71.1 Å². The highest BCUT2D eigenvalue weighted by molar-refractivity contribution is 6.10. The maximum atomic E-state index is 11.0. The maximum Gasteiger partial charge on any atom is 0.149 e. The molecule has 0 fully saturated rings. The number of imidazole rings is 1. The van der Waals surface area contributed by atoms with Crippen molar-refractivity contribution < 1.29 is 5.11 Å². The Morgan fingerprint density at radius 3 is 2.09 bits per heavy atom. The van der Waals surface area contributed by atoms with E-state index in [4.69, 9.17) is 9.97 Å². The molecule has 0 saturated carbocycles. The molecule has 3 heterocycles. The Morgan fingerprint density at radius 2 is 1.31 bits per heavy atom. The predicted molar refractivity (Wildman–Crippen MR) is 184 cm³/mol. The topological polar surface area (TPSA) is 55.9 Å². The zero-order chi connectivity index (χ0) is 30.7. The Morgan fingerprint density at radius 1 is 0.600 bits per heavy atom. The summed E-state index contributed by atoms with van der Waals surface area (Å²) in [5, 5.41) is 13.3. The fourth-order valence-corrected chi connectivity index (χ4v) is 6.42. The molecule has 0 radical (unpaired) electrons. The summed E-state index contributed by atoms with van der Waals surface area (Å²) in [7, 11) is 0. The predicted octanol–water partition coefficient (Wildman–Crippen LogP) is 9.85. The highest BCUT2D eigenvalue weighted by atomic mass is 16.3. The first-order chi connectivity index (χ1) is 21.9. The Labute approximate surface area is 261 Å². The van der Waals surface area contributed by atoms with E-state index < -0.39 is 0 Å². The van der Waals surface area contributed by atoms with Gasteiger partial charge < -0.3 is 5.11 Å². The summed E-state index contributed by atoms with van der Waals surface area (Å²) < 4.78 is 4.39. The van der Waals surface area contributed by atoms with E-state index in [1.807, 2.05) is 42.6 Å². The van der Waals surface area contributed by atoms with Crippen molar-refractivity contribution in [1.29, 1.82) is 0 Å². The molecule has 8 rings (SSSR count). The van der Waals surface area contributed by atoms with Crippen LogP contribution < -0.4 is 0 Å². The van der Waals surface area contributed by atoms with Gasteiger partial charge >= 0.3 is 0 Å². The van der Waals surface area contributed by atoms with Crippen LogP contribution in [0.15, 0.2) is 134 Å². The highest BCUT2D eigenvalue weighted by Gasteiger charge is 2.21. The fourth-order valence-electron chi connectivity index (χ4n) is 6.42. The first-order valence-electron chi connectivity index (χ1n) is 15.2. The number of phenolic OH excluding ortho intramolecular Hbond substituents is 1. The van der Waals surface area contributed by atoms with Crippen LogP contribution in [0.4, 0.5) is 0 Å². The lowest BCUT2D eigenvalue weighted by Crippen LogP contribution is -2.11. The van der Waals surface area contributed by atoms with Crippen molar-refractivity contribution in [3.8, 4) is 39.8 Å². The Balaban J connectivity index is 1.39. The zero-order valence-electron chi connectivity index (χ0n) is 25.4. The Hall–Kier alpha value is -5.68. The normalized spacial score (nSPS) is 12.0. The van der Waals surface area contributed by atoms with Crippen molar-refractivity contribution in [3.63, 3.8) is 0 Å². The van der Waals surface area contributed by atoms with E-state index in [1.54, 1.807) is 6.07 Å². The largest absolute Gasteiger partial charge is 0.507 e. The van der Waals surface area contributed by atoms with Gasteiger partial charge in [0.2, 0.25) is 0 Å². The van der Waals surface area contributed by atoms with E-state index in [9.17, 15) is 5.11 Å². The van der Waals surface area contributed by atoms with Gasteiger partial charge in [-0.25, -0.2) is 9.97 Å². The molecule has 5 heteroatoms. The van der Waals surface area contributed by atoms with Crippen molar-refractivity contribution >= 4 is 32.8 Å². The lowest BCUT2D eigenvalue weighted by molar-refractivity contribution is 0.477. The van der Waals surface area contributed by atoms with Crippen molar-refractivity contribution in [2.75, 3.05) is 0 Å². The van der Waals surface area contributed by atoms with Crippen LogP contribution >= 0.6 is 0 Å². The minimum atomic E-state index is 0.0413. The van der Waals surface area contributed by atoms with Crippen LogP contribution in [0.1, 0.15) is 26.3 Å². The summed E-state index contributed by atoms with van der Waals surface area (Å²) in [6.45, 7) is 6.66. The van der Waals surface area contributed by atoms with Crippen LogP contribution in [-0.2, 0) is 5.41 Å². The van der Waals surface area contributed by atoms with Crippen LogP contribution in [0.25, 0.3) is 66.9 Å². The number of rotatable bonds is 4. The van der Waals surface area contributed by atoms with Gasteiger partial charge in [-0.2, -0.15) is 0 Å². The number of hydrogen-bond donors (Lipinski definition) is 1. The second-order valence-electron chi connectivity index (χ2n) is 12.5. The summed E-state index contributed by atoms with van der Waals surface area (Å²) in [5.41, 5.74) is 9.11. The van der Waals surface area contributed by atoms with Gasteiger partial charge in [-0.1, -0.05) is 93.6 Å². The smallest absolute Gasteiger partial charge is 0.149 e. The minimum Gasteiger partial charge on any atom is -0.507 e. The number of hydrogen-bond acceptors (Lipinski definition) is 3. The minimum absolute atomic E-state index is 0.0413. The van der Waals surface area contributed by atoms with Crippen molar-refractivity contribution in [1.82, 2.24) is 19.1 Å². The second-order valence-corrected chi connectivity index (χ2v) is 12.5. The quantitative estimate of drug-likeness (QED) is 0.224. The Kier molecular flexibility index (Phi) is 6.10. The number of phenols is 1. The number of para-hydroxylation sites is 3. The average molecular weight is 585 g/mol. The van der Waals surface area contributed by atoms with Gasteiger partial charge in [-0.15, -0.1) is 0 Å². The van der Waals surface area contributed by atoms with Crippen LogP contribution in [-0.4, -0.2) is 24.2 Å². The van der Waals surface area contributed by atoms with E-state index in [-0.39, 0.29) is 11.2 Å². The molecule has 0 bridgehead atoms. The third-order valence-electron chi connectivity index (χ3n) is 8.68. The molecule has 0 aliphatic heterocycles. The first-order valence-corrected chi connectivity index (χ1v) is 15.2. The summed E-state index contributed by atoms with van der Waals surface area (Å²) >= 11 is 0. The molecule has 0 atom stereocenters. The molecule has 3 aromatic heterocycles. The van der Waals surface area contributed by atoms with E-state index in [1.165, 1.54) is 16.3 Å². The van der Waals surface area contributed by atoms with E-state index in [0.29, 0.717) is 11.4 Å². The molecule has 0 aliphatic carbocycles. The number of fused-ring (bicyclic) bond motifs is 4. The van der Waals surface area contributed by atoms with E-state index in [0.717, 1.165) is 44.7 Å². The number of nitrogens with zero attached hydrogens (tertiary/aromatic N) is 4. The monoisotopic (exact) mass is 584 g/mol. The van der Waals surface area contributed by atoms with E-state index >= 15 is 0 Å². The van der Waals surface area contributed by atoms with E-state index in [2.05, 4.69) is 115 Å². The van der Waals surface area contributed by atoms with Crippen molar-refractivity contribution in [2.45, 2.75) is 26.2 Å². The van der Waals surface area contributed by atoms with Gasteiger partial charge in [-0.3, -0.25) is 9.13 Å². The molecule has 0 unspecified atom stereocenters.